The molecule has 2 aromatic rings. The molecule has 0 amide bonds. The van der Waals surface area contributed by atoms with Crippen molar-refractivity contribution in [3.05, 3.63) is 30.2 Å². The topological polar surface area (TPSA) is 51.0 Å². The van der Waals surface area contributed by atoms with Crippen LogP contribution < -0.4 is 5.32 Å². The van der Waals surface area contributed by atoms with E-state index < -0.39 is 0 Å². The van der Waals surface area contributed by atoms with Gasteiger partial charge in [-0.2, -0.15) is 0 Å². The van der Waals surface area contributed by atoms with Gasteiger partial charge in [-0.15, -0.1) is 10.2 Å². The standard InChI is InChI=1S/C14H19N3O/c1-4-11(5-2)15-13-9-7-6-8-12(13)14-17-16-10(3)18-14/h6-9,11,15H,4-5H2,1-3H3. The summed E-state index contributed by atoms with van der Waals surface area (Å²) in [6.07, 6.45) is 2.18. The Kier molecular flexibility index (Phi) is 3.97. The summed E-state index contributed by atoms with van der Waals surface area (Å²) in [5, 5.41) is 11.5. The molecule has 1 aromatic heterocycles. The van der Waals surface area contributed by atoms with Gasteiger partial charge in [-0.1, -0.05) is 26.0 Å². The van der Waals surface area contributed by atoms with E-state index in [1.54, 1.807) is 6.92 Å². The fraction of sp³-hybridized carbons (Fsp3) is 0.429. The second-order valence-corrected chi connectivity index (χ2v) is 4.33. The summed E-state index contributed by atoms with van der Waals surface area (Å²) in [7, 11) is 0. The Morgan fingerprint density at radius 2 is 1.89 bits per heavy atom. The number of nitrogens with zero attached hydrogens (tertiary/aromatic N) is 2. The van der Waals surface area contributed by atoms with Gasteiger partial charge in [-0.3, -0.25) is 0 Å². The lowest BCUT2D eigenvalue weighted by molar-refractivity contribution is 0.533. The molecule has 0 bridgehead atoms. The van der Waals surface area contributed by atoms with Gasteiger partial charge in [0.15, 0.2) is 0 Å². The highest BCUT2D eigenvalue weighted by atomic mass is 16.4. The van der Waals surface area contributed by atoms with Crippen molar-refractivity contribution in [3.63, 3.8) is 0 Å². The highest BCUT2D eigenvalue weighted by molar-refractivity contribution is 5.72. The van der Waals surface area contributed by atoms with Crippen LogP contribution >= 0.6 is 0 Å². The summed E-state index contributed by atoms with van der Waals surface area (Å²) in [6.45, 7) is 6.16. The Bertz CT molecular complexity index is 503. The van der Waals surface area contributed by atoms with Crippen molar-refractivity contribution in [3.8, 4) is 11.5 Å². The minimum Gasteiger partial charge on any atom is -0.421 e. The van der Waals surface area contributed by atoms with Crippen molar-refractivity contribution in [2.24, 2.45) is 0 Å². The normalized spacial score (nSPS) is 10.9. The molecule has 0 radical (unpaired) electrons. The van der Waals surface area contributed by atoms with Crippen molar-refractivity contribution in [2.45, 2.75) is 39.7 Å². The molecule has 18 heavy (non-hydrogen) atoms. The molecule has 0 saturated heterocycles. The second-order valence-electron chi connectivity index (χ2n) is 4.33. The van der Waals surface area contributed by atoms with E-state index in [1.165, 1.54) is 0 Å². The van der Waals surface area contributed by atoms with Gasteiger partial charge in [0.2, 0.25) is 11.8 Å². The van der Waals surface area contributed by atoms with E-state index in [9.17, 15) is 0 Å². The van der Waals surface area contributed by atoms with Gasteiger partial charge in [-0.05, 0) is 25.0 Å². The number of hydrogen-bond donors (Lipinski definition) is 1. The van der Waals surface area contributed by atoms with Crippen LogP contribution in [0.5, 0.6) is 0 Å². The number of rotatable bonds is 5. The van der Waals surface area contributed by atoms with Crippen LogP contribution in [0.3, 0.4) is 0 Å². The first-order valence-corrected chi connectivity index (χ1v) is 6.40. The molecule has 1 aromatic carbocycles. The molecule has 0 spiro atoms. The van der Waals surface area contributed by atoms with Crippen molar-refractivity contribution in [1.29, 1.82) is 0 Å². The lowest BCUT2D eigenvalue weighted by Gasteiger charge is -2.17. The van der Waals surface area contributed by atoms with E-state index in [4.69, 9.17) is 4.42 Å². The number of nitrogens with one attached hydrogen (secondary N) is 1. The average Bonchev–Trinajstić information content (AvgIpc) is 2.83. The second kappa shape index (κ2) is 5.67. The third kappa shape index (κ3) is 2.70. The maximum Gasteiger partial charge on any atom is 0.249 e. The molecule has 0 fully saturated rings. The molecule has 0 saturated carbocycles. The molecule has 0 aliphatic rings. The molecule has 0 unspecified atom stereocenters. The highest BCUT2D eigenvalue weighted by Crippen LogP contribution is 2.27. The van der Waals surface area contributed by atoms with Gasteiger partial charge in [-0.25, -0.2) is 0 Å². The van der Waals surface area contributed by atoms with E-state index in [0.717, 1.165) is 24.1 Å². The molecule has 2 rings (SSSR count). The van der Waals surface area contributed by atoms with Crippen LogP contribution in [0.25, 0.3) is 11.5 Å². The number of para-hydroxylation sites is 1. The third-order valence-corrected chi connectivity index (χ3v) is 3.03. The summed E-state index contributed by atoms with van der Waals surface area (Å²) in [6, 6.07) is 8.50. The zero-order valence-corrected chi connectivity index (χ0v) is 11.1. The Morgan fingerprint density at radius 3 is 2.50 bits per heavy atom. The molecule has 4 heteroatoms. The first-order valence-electron chi connectivity index (χ1n) is 6.40. The van der Waals surface area contributed by atoms with Gasteiger partial charge < -0.3 is 9.73 Å². The van der Waals surface area contributed by atoms with Crippen LogP contribution in [0, 0.1) is 6.92 Å². The van der Waals surface area contributed by atoms with Gasteiger partial charge in [0.25, 0.3) is 0 Å². The smallest absolute Gasteiger partial charge is 0.249 e. The minimum absolute atomic E-state index is 0.468. The van der Waals surface area contributed by atoms with Crippen LogP contribution in [0.1, 0.15) is 32.6 Å². The van der Waals surface area contributed by atoms with E-state index in [1.807, 2.05) is 24.3 Å². The maximum atomic E-state index is 5.50. The lowest BCUT2D eigenvalue weighted by Crippen LogP contribution is -2.17. The van der Waals surface area contributed by atoms with E-state index in [0.29, 0.717) is 17.8 Å². The Balaban J connectivity index is 2.31. The quantitative estimate of drug-likeness (QED) is 0.873. The fourth-order valence-corrected chi connectivity index (χ4v) is 1.91. The average molecular weight is 245 g/mol. The molecule has 1 heterocycles. The summed E-state index contributed by atoms with van der Waals surface area (Å²) in [5.74, 6) is 1.16. The van der Waals surface area contributed by atoms with Gasteiger partial charge >= 0.3 is 0 Å². The van der Waals surface area contributed by atoms with Crippen molar-refractivity contribution in [1.82, 2.24) is 10.2 Å². The third-order valence-electron chi connectivity index (χ3n) is 3.03. The summed E-state index contributed by atoms with van der Waals surface area (Å²) in [4.78, 5) is 0. The Morgan fingerprint density at radius 1 is 1.17 bits per heavy atom. The minimum atomic E-state index is 0.468. The van der Waals surface area contributed by atoms with E-state index in [-0.39, 0.29) is 0 Å². The molecular formula is C14H19N3O. The van der Waals surface area contributed by atoms with Crippen LogP contribution in [-0.4, -0.2) is 16.2 Å². The van der Waals surface area contributed by atoms with Crippen molar-refractivity contribution in [2.75, 3.05) is 5.32 Å². The molecule has 0 atom stereocenters. The van der Waals surface area contributed by atoms with Crippen LogP contribution in [0.2, 0.25) is 0 Å². The maximum absolute atomic E-state index is 5.50. The summed E-state index contributed by atoms with van der Waals surface area (Å²) in [5.41, 5.74) is 2.01. The molecule has 0 aliphatic heterocycles. The van der Waals surface area contributed by atoms with E-state index in [2.05, 4.69) is 29.4 Å². The van der Waals surface area contributed by atoms with Gasteiger partial charge in [0.05, 0.1) is 5.56 Å². The number of aryl methyl sites for hydroxylation is 1. The van der Waals surface area contributed by atoms with Crippen LogP contribution in [0.4, 0.5) is 5.69 Å². The SMILES string of the molecule is CCC(CC)Nc1ccccc1-c1nnc(C)o1. The van der Waals surface area contributed by atoms with E-state index >= 15 is 0 Å². The van der Waals surface area contributed by atoms with Crippen molar-refractivity contribution < 1.29 is 4.42 Å². The molecular weight excluding hydrogens is 226 g/mol. The number of benzene rings is 1. The fourth-order valence-electron chi connectivity index (χ4n) is 1.91. The van der Waals surface area contributed by atoms with Gasteiger partial charge in [0, 0.05) is 18.7 Å². The number of anilines is 1. The van der Waals surface area contributed by atoms with Gasteiger partial charge in [0.1, 0.15) is 0 Å². The predicted octanol–water partition coefficient (Wildman–Crippen LogP) is 3.65. The molecule has 1 N–H and O–H groups in total. The molecule has 96 valence electrons. The first-order chi connectivity index (χ1) is 8.74. The zero-order valence-electron chi connectivity index (χ0n) is 11.1. The lowest BCUT2D eigenvalue weighted by atomic mass is 10.1. The Hall–Kier alpha value is -1.84. The monoisotopic (exact) mass is 245 g/mol. The predicted molar refractivity (Wildman–Crippen MR) is 72.5 cm³/mol. The first kappa shape index (κ1) is 12.6. The summed E-state index contributed by atoms with van der Waals surface area (Å²) >= 11 is 0. The van der Waals surface area contributed by atoms with Crippen LogP contribution in [-0.2, 0) is 0 Å². The largest absolute Gasteiger partial charge is 0.421 e. The molecule has 0 aliphatic carbocycles. The summed E-state index contributed by atoms with van der Waals surface area (Å²) < 4.78 is 5.50. The molecule has 4 nitrogen and oxygen atoms in total. The number of hydrogen-bond acceptors (Lipinski definition) is 4. The highest BCUT2D eigenvalue weighted by Gasteiger charge is 2.12. The van der Waals surface area contributed by atoms with Crippen molar-refractivity contribution >= 4 is 5.69 Å². The Labute approximate surface area is 107 Å². The zero-order chi connectivity index (χ0) is 13.0. The number of aromatic nitrogens is 2. The van der Waals surface area contributed by atoms with Crippen LogP contribution in [0.15, 0.2) is 28.7 Å².